The Morgan fingerprint density at radius 2 is 1.95 bits per heavy atom. The van der Waals surface area contributed by atoms with Crippen molar-refractivity contribution in [3.63, 3.8) is 0 Å². The van der Waals surface area contributed by atoms with E-state index in [1.165, 1.54) is 5.56 Å². The first kappa shape index (κ1) is 14.6. The number of aryl methyl sites for hydroxylation is 1. The number of rotatable bonds is 4. The quantitative estimate of drug-likeness (QED) is 0.589. The predicted molar refractivity (Wildman–Crippen MR) is 85.7 cm³/mol. The van der Waals surface area contributed by atoms with Crippen molar-refractivity contribution in [2.24, 2.45) is 4.99 Å². The van der Waals surface area contributed by atoms with Crippen molar-refractivity contribution in [3.05, 3.63) is 47.9 Å². The monoisotopic (exact) mass is 287 g/mol. The summed E-state index contributed by atoms with van der Waals surface area (Å²) in [5.41, 5.74) is 2.87. The minimum absolute atomic E-state index is 0.782. The Bertz CT molecular complexity index is 610. The van der Waals surface area contributed by atoms with E-state index in [0.29, 0.717) is 0 Å². The van der Waals surface area contributed by atoms with E-state index in [2.05, 4.69) is 31.6 Å². The number of aliphatic imine (C=N–C) groups is 1. The summed E-state index contributed by atoms with van der Waals surface area (Å²) < 4.78 is 11.5. The molecule has 0 spiro atoms. The molecule has 106 valence electrons. The lowest BCUT2D eigenvalue weighted by Crippen LogP contribution is -2.29. The maximum absolute atomic E-state index is 6.13. The van der Waals surface area contributed by atoms with Crippen LogP contribution in [0.3, 0.4) is 0 Å². The lowest BCUT2D eigenvalue weighted by atomic mass is 10.2. The molecular weight excluding hydrogens is 266 g/mol. The topological polar surface area (TPSA) is 34.7 Å². The first-order chi connectivity index (χ1) is 9.35. The van der Waals surface area contributed by atoms with Crippen molar-refractivity contribution < 1.29 is 8.84 Å². The molecule has 0 unspecified atom stereocenters. The molecule has 0 amide bonds. The van der Waals surface area contributed by atoms with Gasteiger partial charge in [-0.25, -0.2) is 4.99 Å². The summed E-state index contributed by atoms with van der Waals surface area (Å²) in [6, 6.07) is 9.87. The van der Waals surface area contributed by atoms with Crippen molar-refractivity contribution >= 4 is 19.7 Å². The third-order valence-electron chi connectivity index (χ3n) is 2.70. The molecule has 0 aliphatic heterocycles. The van der Waals surface area contributed by atoms with E-state index < -0.39 is 8.32 Å². The van der Waals surface area contributed by atoms with Gasteiger partial charge in [0.25, 0.3) is 0 Å². The lowest BCUT2D eigenvalue weighted by Gasteiger charge is -2.21. The molecular formula is C16H21NO2Si. The Kier molecular flexibility index (Phi) is 4.14. The Labute approximate surface area is 121 Å². The van der Waals surface area contributed by atoms with Crippen LogP contribution in [0, 0.1) is 6.92 Å². The van der Waals surface area contributed by atoms with Crippen LogP contribution in [0.5, 0.6) is 5.75 Å². The minimum Gasteiger partial charge on any atom is -0.543 e. The Hall–Kier alpha value is -1.81. The zero-order chi connectivity index (χ0) is 14.8. The SMILES string of the molecule is CC(=Nc1ccc(C)cc1O[Si](C)(C)C)c1ccco1. The summed E-state index contributed by atoms with van der Waals surface area (Å²) in [4.78, 5) is 4.65. The number of nitrogens with zero attached hydrogens (tertiary/aromatic N) is 1. The molecule has 0 fully saturated rings. The predicted octanol–water partition coefficient (Wildman–Crippen LogP) is 4.94. The molecule has 0 atom stereocenters. The van der Waals surface area contributed by atoms with Gasteiger partial charge in [0.15, 0.2) is 0 Å². The van der Waals surface area contributed by atoms with Gasteiger partial charge in [-0.15, -0.1) is 0 Å². The highest BCUT2D eigenvalue weighted by Gasteiger charge is 2.18. The normalized spacial score (nSPS) is 12.6. The number of furan rings is 1. The van der Waals surface area contributed by atoms with Gasteiger partial charge in [0.2, 0.25) is 8.32 Å². The smallest absolute Gasteiger partial charge is 0.242 e. The summed E-state index contributed by atoms with van der Waals surface area (Å²) >= 11 is 0. The average molecular weight is 287 g/mol. The second-order valence-electron chi connectivity index (χ2n) is 5.86. The average Bonchev–Trinajstić information content (AvgIpc) is 2.84. The molecule has 0 aliphatic carbocycles. The van der Waals surface area contributed by atoms with Gasteiger partial charge in [-0.2, -0.15) is 0 Å². The van der Waals surface area contributed by atoms with Crippen molar-refractivity contribution in [2.75, 3.05) is 0 Å². The molecule has 1 aromatic heterocycles. The van der Waals surface area contributed by atoms with Gasteiger partial charge in [0.1, 0.15) is 17.2 Å². The van der Waals surface area contributed by atoms with E-state index >= 15 is 0 Å². The fraction of sp³-hybridized carbons (Fsp3) is 0.312. The zero-order valence-corrected chi connectivity index (χ0v) is 13.7. The van der Waals surface area contributed by atoms with E-state index in [1.54, 1.807) is 6.26 Å². The van der Waals surface area contributed by atoms with Crippen LogP contribution in [0.1, 0.15) is 18.2 Å². The van der Waals surface area contributed by atoms with Gasteiger partial charge >= 0.3 is 0 Å². The molecule has 0 bridgehead atoms. The Balaban J connectivity index is 2.39. The summed E-state index contributed by atoms with van der Waals surface area (Å²) in [5, 5.41) is 0. The lowest BCUT2D eigenvalue weighted by molar-refractivity contribution is 0.555. The number of hydrogen-bond acceptors (Lipinski definition) is 3. The molecule has 0 saturated carbocycles. The highest BCUT2D eigenvalue weighted by Crippen LogP contribution is 2.31. The zero-order valence-electron chi connectivity index (χ0n) is 12.7. The molecule has 0 N–H and O–H groups in total. The second kappa shape index (κ2) is 5.67. The molecule has 0 aliphatic rings. The van der Waals surface area contributed by atoms with Gasteiger partial charge in [-0.1, -0.05) is 6.07 Å². The number of benzene rings is 1. The molecule has 1 aromatic carbocycles. The van der Waals surface area contributed by atoms with E-state index in [9.17, 15) is 0 Å². The Morgan fingerprint density at radius 3 is 2.55 bits per heavy atom. The molecule has 0 saturated heterocycles. The maximum atomic E-state index is 6.13. The van der Waals surface area contributed by atoms with E-state index in [4.69, 9.17) is 8.84 Å². The van der Waals surface area contributed by atoms with E-state index in [0.717, 1.165) is 22.9 Å². The highest BCUT2D eigenvalue weighted by atomic mass is 28.4. The summed E-state index contributed by atoms with van der Waals surface area (Å²) in [7, 11) is -1.66. The molecule has 4 heteroatoms. The van der Waals surface area contributed by atoms with Gasteiger partial charge < -0.3 is 8.84 Å². The summed E-state index contributed by atoms with van der Waals surface area (Å²) in [6.07, 6.45) is 1.66. The van der Waals surface area contributed by atoms with Crippen LogP contribution in [0.25, 0.3) is 0 Å². The first-order valence-electron chi connectivity index (χ1n) is 6.74. The molecule has 1 heterocycles. The standard InChI is InChI=1S/C16H21NO2Si/c1-12-8-9-14(16(11-12)19-20(3,4)5)17-13(2)15-7-6-10-18-15/h6-11H,1-5H3. The van der Waals surface area contributed by atoms with Crippen LogP contribution in [-0.2, 0) is 0 Å². The van der Waals surface area contributed by atoms with E-state index in [-0.39, 0.29) is 0 Å². The van der Waals surface area contributed by atoms with Crippen LogP contribution in [0.15, 0.2) is 46.0 Å². The van der Waals surface area contributed by atoms with Gasteiger partial charge in [-0.05, 0) is 63.3 Å². The van der Waals surface area contributed by atoms with Crippen LogP contribution >= 0.6 is 0 Å². The van der Waals surface area contributed by atoms with Crippen molar-refractivity contribution in [1.29, 1.82) is 0 Å². The molecule has 20 heavy (non-hydrogen) atoms. The van der Waals surface area contributed by atoms with Crippen LogP contribution in [0.2, 0.25) is 19.6 Å². The first-order valence-corrected chi connectivity index (χ1v) is 10.1. The fourth-order valence-electron chi connectivity index (χ4n) is 1.85. The third kappa shape index (κ3) is 3.84. The van der Waals surface area contributed by atoms with E-state index in [1.807, 2.05) is 37.3 Å². The van der Waals surface area contributed by atoms with Crippen LogP contribution in [0.4, 0.5) is 5.69 Å². The third-order valence-corrected chi connectivity index (χ3v) is 3.53. The summed E-state index contributed by atoms with van der Waals surface area (Å²) in [6.45, 7) is 10.5. The molecule has 2 aromatic rings. The van der Waals surface area contributed by atoms with Crippen molar-refractivity contribution in [1.82, 2.24) is 0 Å². The van der Waals surface area contributed by atoms with Crippen molar-refractivity contribution in [3.8, 4) is 5.75 Å². The van der Waals surface area contributed by atoms with Gasteiger partial charge in [-0.3, -0.25) is 0 Å². The summed E-state index contributed by atoms with van der Waals surface area (Å²) in [5.74, 6) is 1.64. The maximum Gasteiger partial charge on any atom is 0.242 e. The molecule has 0 radical (unpaired) electrons. The Morgan fingerprint density at radius 1 is 1.20 bits per heavy atom. The highest BCUT2D eigenvalue weighted by molar-refractivity contribution is 6.70. The minimum atomic E-state index is -1.66. The largest absolute Gasteiger partial charge is 0.543 e. The van der Waals surface area contributed by atoms with Crippen LogP contribution in [-0.4, -0.2) is 14.0 Å². The van der Waals surface area contributed by atoms with Crippen molar-refractivity contribution in [2.45, 2.75) is 33.5 Å². The fourth-order valence-corrected chi connectivity index (χ4v) is 2.67. The molecule has 3 nitrogen and oxygen atoms in total. The van der Waals surface area contributed by atoms with Gasteiger partial charge in [0.05, 0.1) is 12.0 Å². The van der Waals surface area contributed by atoms with Crippen LogP contribution < -0.4 is 4.43 Å². The second-order valence-corrected chi connectivity index (χ2v) is 10.3. The van der Waals surface area contributed by atoms with Gasteiger partial charge in [0, 0.05) is 0 Å². The number of hydrogen-bond donors (Lipinski definition) is 0. The molecule has 2 rings (SSSR count).